The molecule has 0 saturated carbocycles. The Balaban J connectivity index is 0.000000720. The summed E-state index contributed by atoms with van der Waals surface area (Å²) < 4.78 is 5.28. The van der Waals surface area contributed by atoms with Gasteiger partial charge in [-0.25, -0.2) is 0 Å². The largest absolute Gasteiger partial charge is 0.491 e. The molecule has 1 heterocycles. The predicted octanol–water partition coefficient (Wildman–Crippen LogP) is 2.15. The van der Waals surface area contributed by atoms with E-state index >= 15 is 0 Å². The number of rotatable bonds is 0. The summed E-state index contributed by atoms with van der Waals surface area (Å²) in [6.07, 6.45) is 0. The molecule has 0 saturated heterocycles. The Bertz CT molecular complexity index is 290. The molecule has 1 aromatic carbocycles. The topological polar surface area (TPSA) is 35.2 Å². The van der Waals surface area contributed by atoms with Gasteiger partial charge < -0.3 is 10.5 Å². The third kappa shape index (κ3) is 1.51. The molecule has 0 aromatic heterocycles. The zero-order valence-electron chi connectivity index (χ0n) is 6.29. The Morgan fingerprint density at radius 2 is 2.25 bits per heavy atom. The number of hydrogen-bond donors (Lipinski definition) is 1. The summed E-state index contributed by atoms with van der Waals surface area (Å²) in [5.74, 6) is 0.824. The Hall–Kier alpha value is -0.440. The summed E-state index contributed by atoms with van der Waals surface area (Å²) in [5, 5.41) is 0.692. The zero-order valence-corrected chi connectivity index (χ0v) is 7.86. The maximum Gasteiger partial charge on any atom is 0.125 e. The van der Waals surface area contributed by atoms with Gasteiger partial charge in [-0.1, -0.05) is 17.7 Å². The third-order valence-electron chi connectivity index (χ3n) is 1.79. The first kappa shape index (κ1) is 9.65. The van der Waals surface area contributed by atoms with Crippen molar-refractivity contribution in [3.63, 3.8) is 0 Å². The molecule has 2 rings (SSSR count). The molecular formula is C8H9Cl2NO. The molecule has 0 fully saturated rings. The van der Waals surface area contributed by atoms with Crippen LogP contribution in [0.4, 0.5) is 0 Å². The van der Waals surface area contributed by atoms with Crippen LogP contribution < -0.4 is 10.5 Å². The van der Waals surface area contributed by atoms with Crippen LogP contribution in [0.1, 0.15) is 11.6 Å². The molecule has 1 atom stereocenters. The average molecular weight is 206 g/mol. The predicted molar refractivity (Wildman–Crippen MR) is 51.1 cm³/mol. The van der Waals surface area contributed by atoms with Gasteiger partial charge in [0.15, 0.2) is 0 Å². The van der Waals surface area contributed by atoms with E-state index in [1.165, 1.54) is 0 Å². The number of ether oxygens (including phenoxy) is 1. The summed E-state index contributed by atoms with van der Waals surface area (Å²) in [4.78, 5) is 0. The highest BCUT2D eigenvalue weighted by Gasteiger charge is 2.19. The first-order valence-electron chi connectivity index (χ1n) is 3.45. The van der Waals surface area contributed by atoms with Crippen molar-refractivity contribution in [2.75, 3.05) is 6.61 Å². The van der Waals surface area contributed by atoms with Gasteiger partial charge in [0.1, 0.15) is 12.4 Å². The van der Waals surface area contributed by atoms with Crippen LogP contribution in [0.3, 0.4) is 0 Å². The molecule has 1 aliphatic heterocycles. The van der Waals surface area contributed by atoms with E-state index in [2.05, 4.69) is 0 Å². The highest BCUT2D eigenvalue weighted by atomic mass is 35.5. The first-order chi connectivity index (χ1) is 5.27. The van der Waals surface area contributed by atoms with Crippen molar-refractivity contribution in [1.82, 2.24) is 0 Å². The first-order valence-corrected chi connectivity index (χ1v) is 3.83. The van der Waals surface area contributed by atoms with E-state index in [0.29, 0.717) is 11.6 Å². The lowest BCUT2D eigenvalue weighted by atomic mass is 10.1. The minimum atomic E-state index is 0. The lowest BCUT2D eigenvalue weighted by Crippen LogP contribution is -2.10. The van der Waals surface area contributed by atoms with Crippen molar-refractivity contribution < 1.29 is 4.74 Å². The number of halogens is 2. The minimum Gasteiger partial charge on any atom is -0.491 e. The molecule has 2 N–H and O–H groups in total. The molecule has 0 spiro atoms. The van der Waals surface area contributed by atoms with Crippen LogP contribution in [-0.2, 0) is 0 Å². The molecule has 1 unspecified atom stereocenters. The Morgan fingerprint density at radius 1 is 1.50 bits per heavy atom. The SMILES string of the molecule is Cl.NC1COc2cc(Cl)ccc21. The van der Waals surface area contributed by atoms with Gasteiger partial charge in [-0.3, -0.25) is 0 Å². The fourth-order valence-electron chi connectivity index (χ4n) is 1.21. The van der Waals surface area contributed by atoms with Crippen molar-refractivity contribution in [2.24, 2.45) is 5.73 Å². The maximum atomic E-state index is 5.75. The number of benzene rings is 1. The second kappa shape index (κ2) is 3.52. The number of nitrogens with two attached hydrogens (primary N) is 1. The Morgan fingerprint density at radius 3 is 3.00 bits per heavy atom. The molecule has 4 heteroatoms. The normalized spacial score (nSPS) is 19.3. The summed E-state index contributed by atoms with van der Waals surface area (Å²) >= 11 is 5.75. The molecule has 0 radical (unpaired) electrons. The second-order valence-electron chi connectivity index (χ2n) is 2.60. The van der Waals surface area contributed by atoms with Crippen LogP contribution in [-0.4, -0.2) is 6.61 Å². The van der Waals surface area contributed by atoms with Crippen LogP contribution in [0.15, 0.2) is 18.2 Å². The van der Waals surface area contributed by atoms with Crippen molar-refractivity contribution in [1.29, 1.82) is 0 Å². The maximum absolute atomic E-state index is 5.75. The molecule has 2 nitrogen and oxygen atoms in total. The number of hydrogen-bond acceptors (Lipinski definition) is 2. The van der Waals surface area contributed by atoms with Crippen molar-refractivity contribution in [3.8, 4) is 5.75 Å². The summed E-state index contributed by atoms with van der Waals surface area (Å²) in [6.45, 7) is 0.565. The summed E-state index contributed by atoms with van der Waals surface area (Å²) in [5.41, 5.74) is 6.78. The van der Waals surface area contributed by atoms with Gasteiger partial charge in [0.25, 0.3) is 0 Å². The number of fused-ring (bicyclic) bond motifs is 1. The molecule has 1 aromatic rings. The smallest absolute Gasteiger partial charge is 0.125 e. The highest BCUT2D eigenvalue weighted by molar-refractivity contribution is 6.30. The van der Waals surface area contributed by atoms with Crippen LogP contribution in [0.25, 0.3) is 0 Å². The fraction of sp³-hybridized carbons (Fsp3) is 0.250. The van der Waals surface area contributed by atoms with Crippen molar-refractivity contribution in [3.05, 3.63) is 28.8 Å². The molecule has 0 aliphatic carbocycles. The average Bonchev–Trinajstić information content (AvgIpc) is 2.32. The van der Waals surface area contributed by atoms with E-state index in [4.69, 9.17) is 22.1 Å². The van der Waals surface area contributed by atoms with Gasteiger partial charge in [0.05, 0.1) is 6.04 Å². The minimum absolute atomic E-state index is 0. The van der Waals surface area contributed by atoms with E-state index in [1.54, 1.807) is 6.07 Å². The van der Waals surface area contributed by atoms with Gasteiger partial charge in [0.2, 0.25) is 0 Å². The van der Waals surface area contributed by atoms with Crippen molar-refractivity contribution in [2.45, 2.75) is 6.04 Å². The van der Waals surface area contributed by atoms with Crippen LogP contribution in [0.5, 0.6) is 5.75 Å². The lowest BCUT2D eigenvalue weighted by molar-refractivity contribution is 0.333. The van der Waals surface area contributed by atoms with Crippen LogP contribution >= 0.6 is 24.0 Å². The fourth-order valence-corrected chi connectivity index (χ4v) is 1.37. The van der Waals surface area contributed by atoms with E-state index in [0.717, 1.165) is 11.3 Å². The van der Waals surface area contributed by atoms with E-state index in [-0.39, 0.29) is 18.4 Å². The van der Waals surface area contributed by atoms with Crippen LogP contribution in [0, 0.1) is 0 Å². The van der Waals surface area contributed by atoms with Crippen LogP contribution in [0.2, 0.25) is 5.02 Å². The zero-order chi connectivity index (χ0) is 7.84. The van der Waals surface area contributed by atoms with E-state index in [9.17, 15) is 0 Å². The van der Waals surface area contributed by atoms with Gasteiger partial charge in [0, 0.05) is 10.6 Å². The molecular weight excluding hydrogens is 197 g/mol. The van der Waals surface area contributed by atoms with Gasteiger partial charge in [-0.2, -0.15) is 0 Å². The lowest BCUT2D eigenvalue weighted by Gasteiger charge is -1.98. The second-order valence-corrected chi connectivity index (χ2v) is 3.04. The monoisotopic (exact) mass is 205 g/mol. The summed E-state index contributed by atoms with van der Waals surface area (Å²) in [6, 6.07) is 5.55. The van der Waals surface area contributed by atoms with Gasteiger partial charge in [-0.15, -0.1) is 12.4 Å². The third-order valence-corrected chi connectivity index (χ3v) is 2.03. The van der Waals surface area contributed by atoms with Crippen molar-refractivity contribution >= 4 is 24.0 Å². The molecule has 1 aliphatic rings. The standard InChI is InChI=1S/C8H8ClNO.ClH/c9-5-1-2-6-7(10)4-11-8(6)3-5;/h1-3,7H,4,10H2;1H. The Labute approximate surface area is 82.1 Å². The van der Waals surface area contributed by atoms with Gasteiger partial charge in [-0.05, 0) is 12.1 Å². The highest BCUT2D eigenvalue weighted by Crippen LogP contribution is 2.32. The van der Waals surface area contributed by atoms with E-state index in [1.807, 2.05) is 12.1 Å². The quantitative estimate of drug-likeness (QED) is 0.705. The molecule has 0 bridgehead atoms. The summed E-state index contributed by atoms with van der Waals surface area (Å²) in [7, 11) is 0. The molecule has 12 heavy (non-hydrogen) atoms. The van der Waals surface area contributed by atoms with E-state index < -0.39 is 0 Å². The van der Waals surface area contributed by atoms with Gasteiger partial charge >= 0.3 is 0 Å². The molecule has 0 amide bonds. The Kier molecular flexibility index (Phi) is 2.83. The molecule has 66 valence electrons.